The number of aliphatic imine (C=N–C) groups is 1. The van der Waals surface area contributed by atoms with Gasteiger partial charge in [0.05, 0.1) is 39.6 Å². The van der Waals surface area contributed by atoms with E-state index in [1.54, 1.807) is 33.6 Å². The highest BCUT2D eigenvalue weighted by Gasteiger charge is 2.14. The lowest BCUT2D eigenvalue weighted by Crippen LogP contribution is -2.27. The van der Waals surface area contributed by atoms with Gasteiger partial charge in [0.25, 0.3) is 6.26 Å². The number of aliphatic hydroxyl groups is 2. The van der Waals surface area contributed by atoms with Gasteiger partial charge in [-0.15, -0.1) is 0 Å². The summed E-state index contributed by atoms with van der Waals surface area (Å²) in [5.41, 5.74) is 0. The normalized spacial score (nSPS) is 10.2. The number of methoxy groups -OCH3 is 2. The molecule has 0 unspecified atom stereocenters. The molecule has 0 heterocycles. The summed E-state index contributed by atoms with van der Waals surface area (Å²) in [7, 11) is 0.111. The zero-order valence-corrected chi connectivity index (χ0v) is 56.0. The Bertz CT molecular complexity index is 1530. The van der Waals surface area contributed by atoms with Crippen molar-refractivity contribution in [2.24, 2.45) is 4.99 Å². The number of amides is 1. The number of nitrogens with one attached hydrogen (secondary N) is 1. The summed E-state index contributed by atoms with van der Waals surface area (Å²) in [6.07, 6.45) is 23.6. The van der Waals surface area contributed by atoms with Crippen LogP contribution in [0.5, 0.6) is 0 Å². The third kappa shape index (κ3) is 120. The number of esters is 5. The zero-order chi connectivity index (χ0) is 66.1. The summed E-state index contributed by atoms with van der Waals surface area (Å²) < 4.78 is 54.3. The minimum Gasteiger partial charge on any atom is -0.466 e. The molecule has 0 aliphatic heterocycles. The van der Waals surface area contributed by atoms with Crippen molar-refractivity contribution < 1.29 is 110 Å². The monoisotopic (exact) mass is 1290 g/mol. The van der Waals surface area contributed by atoms with Gasteiger partial charge in [-0.25, -0.2) is 9.79 Å². The highest BCUT2D eigenvalue weighted by Crippen LogP contribution is 2.06. The van der Waals surface area contributed by atoms with E-state index in [9.17, 15) is 33.6 Å². The summed E-state index contributed by atoms with van der Waals surface area (Å²) in [6, 6.07) is 0. The van der Waals surface area contributed by atoms with Gasteiger partial charge in [-0.05, 0) is 110 Å². The van der Waals surface area contributed by atoms with Gasteiger partial charge in [-0.1, -0.05) is 58.8 Å². The maximum Gasteiger partial charge on any atom is 0.328 e. The molecule has 0 aromatic carbocycles. The molecule has 28 heteroatoms. The number of nitriles is 1. The van der Waals surface area contributed by atoms with Crippen molar-refractivity contribution in [2.45, 2.75) is 208 Å². The summed E-state index contributed by atoms with van der Waals surface area (Å²) in [6.45, 7) is 15.3. The van der Waals surface area contributed by atoms with Crippen LogP contribution in [-0.4, -0.2) is 210 Å². The lowest BCUT2D eigenvalue weighted by Gasteiger charge is -2.08. The third-order valence-corrected chi connectivity index (χ3v) is 11.4. The van der Waals surface area contributed by atoms with Gasteiger partial charge in [0.15, 0.2) is 0 Å². The lowest BCUT2D eigenvalue weighted by molar-refractivity contribution is -0.148. The van der Waals surface area contributed by atoms with Crippen LogP contribution in [0.2, 0.25) is 26.2 Å². The first-order chi connectivity index (χ1) is 41.0. The number of carbonyl (C=O) groups excluding carboxylic acids is 7. The van der Waals surface area contributed by atoms with E-state index in [1.165, 1.54) is 40.1 Å². The first-order valence-electron chi connectivity index (χ1n) is 30.1. The van der Waals surface area contributed by atoms with E-state index in [0.717, 1.165) is 129 Å². The van der Waals surface area contributed by atoms with Gasteiger partial charge >= 0.3 is 47.0 Å². The van der Waals surface area contributed by atoms with Gasteiger partial charge in [0, 0.05) is 93.8 Å². The third-order valence-electron chi connectivity index (χ3n) is 10.4. The molecule has 0 aliphatic carbocycles. The lowest BCUT2D eigenvalue weighted by atomic mass is 10.1. The summed E-state index contributed by atoms with van der Waals surface area (Å²) >= 11 is 0. The molecule has 0 atom stereocenters. The van der Waals surface area contributed by atoms with Crippen LogP contribution in [0.1, 0.15) is 182 Å². The molecule has 0 aliphatic rings. The van der Waals surface area contributed by atoms with Crippen LogP contribution in [0.15, 0.2) is 4.99 Å². The molecular formula is C59H119N3O23Si2. The maximum atomic E-state index is 11.4. The topological polar surface area (TPSA) is 370 Å². The SMILES string of the molecule is C.CC(=O)NCCCCCCCOC(C)=O.COCCCCCC(=O)OCCOCCOC(=O)CCCCCOC.CO[Si](C)(C)O.C[Si](C)(O)O.N#COCCCCCCN=C=O.O=C(CCCCCO)OCCOCCOC(=O)CCCCCO. The highest BCUT2D eigenvalue weighted by atomic mass is 28.4. The van der Waals surface area contributed by atoms with Gasteiger partial charge in [0.1, 0.15) is 33.0 Å². The first kappa shape index (κ1) is 96.2. The second kappa shape index (κ2) is 79.5. The molecule has 0 saturated heterocycles. The second-order valence-corrected chi connectivity index (χ2v) is 26.1. The van der Waals surface area contributed by atoms with Crippen molar-refractivity contribution >= 4 is 59.0 Å². The smallest absolute Gasteiger partial charge is 0.328 e. The number of rotatable bonds is 50. The Balaban J connectivity index is -0.000000189. The molecule has 0 rings (SSSR count). The Morgan fingerprint density at radius 2 is 0.782 bits per heavy atom. The number of aliphatic hydroxyl groups excluding tert-OH is 2. The van der Waals surface area contributed by atoms with Gasteiger partial charge < -0.3 is 81.7 Å². The summed E-state index contributed by atoms with van der Waals surface area (Å²) in [5.74, 6) is -1.12. The minimum absolute atomic E-state index is 0. The van der Waals surface area contributed by atoms with E-state index in [2.05, 4.69) is 19.5 Å². The first-order valence-corrected chi connectivity index (χ1v) is 35.9. The van der Waals surface area contributed by atoms with Crippen LogP contribution in [0.25, 0.3) is 0 Å². The van der Waals surface area contributed by atoms with Gasteiger partial charge in [-0.2, -0.15) is 5.26 Å². The molecule has 0 fully saturated rings. The van der Waals surface area contributed by atoms with Crippen LogP contribution in [-0.2, 0) is 85.4 Å². The van der Waals surface area contributed by atoms with E-state index < -0.39 is 17.1 Å². The van der Waals surface area contributed by atoms with E-state index in [4.69, 9.17) is 72.5 Å². The predicted octanol–water partition coefficient (Wildman–Crippen LogP) is 7.35. The molecule has 1 amide bonds. The Morgan fingerprint density at radius 3 is 1.10 bits per heavy atom. The fourth-order valence-electron chi connectivity index (χ4n) is 5.90. The Morgan fingerprint density at radius 1 is 0.460 bits per heavy atom. The number of nitrogens with zero attached hydrogens (tertiary/aromatic N) is 2. The molecule has 0 radical (unpaired) electrons. The largest absolute Gasteiger partial charge is 0.466 e. The molecule has 0 aromatic rings. The number of unbranched alkanes of at least 4 members (excludes halogenated alkanes) is 15. The van der Waals surface area contributed by atoms with Crippen LogP contribution in [0, 0.1) is 11.5 Å². The maximum absolute atomic E-state index is 11.4. The predicted molar refractivity (Wildman–Crippen MR) is 334 cm³/mol. The Hall–Kier alpha value is -4.48. The summed E-state index contributed by atoms with van der Waals surface area (Å²) in [4.78, 5) is 105. The average molecular weight is 1290 g/mol. The van der Waals surface area contributed by atoms with Crippen LogP contribution < -0.4 is 5.32 Å². The van der Waals surface area contributed by atoms with Crippen molar-refractivity contribution in [2.75, 3.05) is 127 Å². The Labute approximate surface area is 523 Å². The Kier molecular flexibility index (Phi) is 87.9. The molecule has 516 valence electrons. The zero-order valence-electron chi connectivity index (χ0n) is 54.0. The van der Waals surface area contributed by atoms with E-state index >= 15 is 0 Å². The van der Waals surface area contributed by atoms with Gasteiger partial charge in [-0.3, -0.25) is 28.8 Å². The van der Waals surface area contributed by atoms with Crippen molar-refractivity contribution in [1.29, 1.82) is 5.26 Å². The van der Waals surface area contributed by atoms with E-state index in [0.29, 0.717) is 84.3 Å². The minimum atomic E-state index is -2.61. The van der Waals surface area contributed by atoms with Crippen LogP contribution in [0.4, 0.5) is 0 Å². The molecule has 87 heavy (non-hydrogen) atoms. The van der Waals surface area contributed by atoms with Crippen molar-refractivity contribution in [3.8, 4) is 6.26 Å². The molecule has 0 spiro atoms. The molecule has 0 saturated carbocycles. The number of isocyanates is 1. The second-order valence-electron chi connectivity index (χ2n) is 19.8. The standard InChI is InChI=1S/C18H34O7.C16H30O7.C11H21NO3.C8H12N2O2.C3H10O2Si.C2H8O2Si.CH4/c1-21-11-7-3-5-9-17(19)24-15-13-23-14-16-25-18(20)10-6-4-8-12-22-2;17-9-5-1-3-7-15(19)22-13-11-21-12-14-23-16(20)8-4-2-6-10-18;1-10(13)12-8-6-4-3-5-7-9-15-11(2)14;9-7-12-6-4-2-1-3-5-10-8-11;1-5-6(2,3)4;1-5(2,3)4;/h3-16H2,1-2H3;17-18H,1-14H2;3-9H2,1-2H3,(H,12,13);1-6H2;4H,1-3H3;3-4H,1-2H3;1H4. The van der Waals surface area contributed by atoms with Crippen molar-refractivity contribution in [3.63, 3.8) is 0 Å². The molecule has 0 bridgehead atoms. The number of carbonyl (C=O) groups is 6. The van der Waals surface area contributed by atoms with E-state index in [-0.39, 0.29) is 96.0 Å². The van der Waals surface area contributed by atoms with Crippen molar-refractivity contribution in [3.05, 3.63) is 0 Å². The average Bonchev–Trinajstić information content (AvgIpc) is 3.45. The van der Waals surface area contributed by atoms with Crippen LogP contribution >= 0.6 is 0 Å². The fourth-order valence-corrected chi connectivity index (χ4v) is 5.90. The molecule has 26 nitrogen and oxygen atoms in total. The molecule has 6 N–H and O–H groups in total. The van der Waals surface area contributed by atoms with Crippen LogP contribution in [0.3, 0.4) is 0 Å². The highest BCUT2D eigenvalue weighted by molar-refractivity contribution is 6.63. The quantitative estimate of drug-likeness (QED) is 0.00659. The number of hydrogen-bond acceptors (Lipinski definition) is 25. The molecular weight excluding hydrogens is 1170 g/mol. The molecule has 0 aromatic heterocycles. The fraction of sp³-hybridized carbons (Fsp3) is 0.864. The van der Waals surface area contributed by atoms with Gasteiger partial charge in [0.2, 0.25) is 12.0 Å². The summed E-state index contributed by atoms with van der Waals surface area (Å²) in [5, 5.41) is 28.0. The van der Waals surface area contributed by atoms with Crippen molar-refractivity contribution in [1.82, 2.24) is 5.32 Å². The number of ether oxygens (including phenoxy) is 10. The van der Waals surface area contributed by atoms with E-state index in [1.807, 2.05) is 0 Å². The number of hydrogen-bond donors (Lipinski definition) is 6.